The monoisotopic (exact) mass is 265 g/mol. The first kappa shape index (κ1) is 14.0. The van der Waals surface area contributed by atoms with Crippen LogP contribution in [-0.4, -0.2) is 51.9 Å². The normalized spacial score (nSPS) is 23.3. The minimum atomic E-state index is -0.0429. The van der Waals surface area contributed by atoms with E-state index in [4.69, 9.17) is 0 Å². The molecule has 0 aliphatic heterocycles. The molecule has 1 heterocycles. The Hall–Kier alpha value is -1.43. The summed E-state index contributed by atoms with van der Waals surface area (Å²) < 4.78 is 0. The van der Waals surface area contributed by atoms with Gasteiger partial charge in [-0.25, -0.2) is 0 Å². The Morgan fingerprint density at radius 1 is 1.47 bits per heavy atom. The zero-order valence-corrected chi connectivity index (χ0v) is 11.7. The molecule has 1 aromatic heterocycles. The lowest BCUT2D eigenvalue weighted by Gasteiger charge is -2.34. The van der Waals surface area contributed by atoms with Gasteiger partial charge in [0.2, 0.25) is 0 Å². The van der Waals surface area contributed by atoms with Gasteiger partial charge >= 0.3 is 0 Å². The molecule has 0 unspecified atom stereocenters. The summed E-state index contributed by atoms with van der Waals surface area (Å²) in [4.78, 5) is 14.0. The molecular weight excluding hydrogens is 242 g/mol. The lowest BCUT2D eigenvalue weighted by atomic mass is 9.90. The minimum Gasteiger partial charge on any atom is -0.337 e. The lowest BCUT2D eigenvalue weighted by Crippen LogP contribution is -2.43. The summed E-state index contributed by atoms with van der Waals surface area (Å²) in [7, 11) is 1.86. The summed E-state index contributed by atoms with van der Waals surface area (Å²) in [6.07, 6.45) is 7.04. The van der Waals surface area contributed by atoms with Gasteiger partial charge in [0, 0.05) is 19.1 Å². The van der Waals surface area contributed by atoms with Crippen molar-refractivity contribution in [3.05, 3.63) is 11.9 Å². The van der Waals surface area contributed by atoms with Gasteiger partial charge in [-0.3, -0.25) is 4.79 Å². The molecule has 6 heteroatoms. The molecule has 0 atom stereocenters. The van der Waals surface area contributed by atoms with Crippen LogP contribution in [0.25, 0.3) is 0 Å². The van der Waals surface area contributed by atoms with Crippen LogP contribution >= 0.6 is 0 Å². The first-order chi connectivity index (χ1) is 9.22. The highest BCUT2D eigenvalue weighted by Gasteiger charge is 2.27. The highest BCUT2D eigenvalue weighted by Crippen LogP contribution is 2.23. The number of aromatic nitrogens is 3. The van der Waals surface area contributed by atoms with Crippen molar-refractivity contribution in [1.82, 2.24) is 25.6 Å². The SMILES string of the molecule is CCCNC1CCC(N(C)C(=O)c2cn[nH]n2)CC1. The van der Waals surface area contributed by atoms with Gasteiger partial charge < -0.3 is 10.2 Å². The van der Waals surface area contributed by atoms with Gasteiger partial charge in [-0.1, -0.05) is 6.92 Å². The number of amides is 1. The molecule has 106 valence electrons. The van der Waals surface area contributed by atoms with Crippen LogP contribution in [0.5, 0.6) is 0 Å². The first-order valence-electron chi connectivity index (χ1n) is 7.08. The lowest BCUT2D eigenvalue weighted by molar-refractivity contribution is 0.0678. The van der Waals surface area contributed by atoms with Crippen LogP contribution in [0.1, 0.15) is 49.5 Å². The fourth-order valence-electron chi connectivity index (χ4n) is 2.67. The van der Waals surface area contributed by atoms with Gasteiger partial charge in [0.05, 0.1) is 6.20 Å². The molecule has 1 aliphatic rings. The number of aromatic amines is 1. The molecule has 1 aliphatic carbocycles. The van der Waals surface area contributed by atoms with Gasteiger partial charge in [0.15, 0.2) is 5.69 Å². The summed E-state index contributed by atoms with van der Waals surface area (Å²) in [5.41, 5.74) is 0.397. The number of carbonyl (C=O) groups excluding carboxylic acids is 1. The standard InChI is InChI=1S/C13H23N5O/c1-3-8-14-10-4-6-11(7-5-10)18(2)13(19)12-9-15-17-16-12/h9-11,14H,3-8H2,1-2H3,(H,15,16,17). The van der Waals surface area contributed by atoms with Crippen molar-refractivity contribution >= 4 is 5.91 Å². The molecule has 6 nitrogen and oxygen atoms in total. The maximum atomic E-state index is 12.1. The molecule has 1 aromatic rings. The molecule has 19 heavy (non-hydrogen) atoms. The average molecular weight is 265 g/mol. The van der Waals surface area contributed by atoms with E-state index in [0.717, 1.165) is 32.2 Å². The number of hydrogen-bond donors (Lipinski definition) is 2. The topological polar surface area (TPSA) is 73.9 Å². The number of H-pyrrole nitrogens is 1. The molecule has 1 saturated carbocycles. The second kappa shape index (κ2) is 6.65. The molecular formula is C13H23N5O. The van der Waals surface area contributed by atoms with Gasteiger partial charge in [0.1, 0.15) is 0 Å². The second-order valence-electron chi connectivity index (χ2n) is 5.23. The number of nitrogens with one attached hydrogen (secondary N) is 2. The van der Waals surface area contributed by atoms with E-state index in [1.807, 2.05) is 11.9 Å². The zero-order chi connectivity index (χ0) is 13.7. The maximum absolute atomic E-state index is 12.1. The number of carbonyl (C=O) groups is 1. The Kier molecular flexibility index (Phi) is 4.90. The molecule has 0 bridgehead atoms. The maximum Gasteiger partial charge on any atom is 0.276 e. The molecule has 0 radical (unpaired) electrons. The van der Waals surface area contributed by atoms with Crippen molar-refractivity contribution in [1.29, 1.82) is 0 Å². The smallest absolute Gasteiger partial charge is 0.276 e. The zero-order valence-electron chi connectivity index (χ0n) is 11.7. The number of nitrogens with zero attached hydrogens (tertiary/aromatic N) is 3. The molecule has 1 amide bonds. The molecule has 0 aromatic carbocycles. The summed E-state index contributed by atoms with van der Waals surface area (Å²) in [5, 5.41) is 13.6. The van der Waals surface area contributed by atoms with Crippen LogP contribution in [0.2, 0.25) is 0 Å². The summed E-state index contributed by atoms with van der Waals surface area (Å²) in [5.74, 6) is -0.0429. The van der Waals surface area contributed by atoms with Crippen LogP contribution in [0.3, 0.4) is 0 Å². The molecule has 0 spiro atoms. The molecule has 1 fully saturated rings. The highest BCUT2D eigenvalue weighted by atomic mass is 16.2. The number of rotatable bonds is 5. The van der Waals surface area contributed by atoms with Crippen LogP contribution in [0, 0.1) is 0 Å². The highest BCUT2D eigenvalue weighted by molar-refractivity contribution is 5.91. The minimum absolute atomic E-state index is 0.0429. The fourth-order valence-corrected chi connectivity index (χ4v) is 2.67. The van der Waals surface area contributed by atoms with Crippen molar-refractivity contribution in [2.45, 2.75) is 51.1 Å². The van der Waals surface area contributed by atoms with Gasteiger partial charge in [-0.2, -0.15) is 15.4 Å². The van der Waals surface area contributed by atoms with Crippen LogP contribution in [0.15, 0.2) is 6.20 Å². The van der Waals surface area contributed by atoms with E-state index in [-0.39, 0.29) is 5.91 Å². The summed E-state index contributed by atoms with van der Waals surface area (Å²) in [6, 6.07) is 0.940. The average Bonchev–Trinajstić information content (AvgIpc) is 2.98. The third-order valence-electron chi connectivity index (χ3n) is 3.88. The Bertz CT molecular complexity index is 384. The van der Waals surface area contributed by atoms with E-state index in [9.17, 15) is 4.79 Å². The fraction of sp³-hybridized carbons (Fsp3) is 0.769. The Labute approximate surface area is 113 Å². The van der Waals surface area contributed by atoms with Gasteiger partial charge in [-0.15, -0.1) is 0 Å². The van der Waals surface area contributed by atoms with Crippen molar-refractivity contribution < 1.29 is 4.79 Å². The Balaban J connectivity index is 1.82. The van der Waals surface area contributed by atoms with Crippen molar-refractivity contribution in [2.75, 3.05) is 13.6 Å². The van der Waals surface area contributed by atoms with Crippen molar-refractivity contribution in [3.63, 3.8) is 0 Å². The van der Waals surface area contributed by atoms with Crippen molar-refractivity contribution in [2.24, 2.45) is 0 Å². The molecule has 2 N–H and O–H groups in total. The van der Waals surface area contributed by atoms with Gasteiger partial charge in [-0.05, 0) is 38.6 Å². The second-order valence-corrected chi connectivity index (χ2v) is 5.23. The number of hydrogen-bond acceptors (Lipinski definition) is 4. The predicted octanol–water partition coefficient (Wildman–Crippen LogP) is 1.19. The summed E-state index contributed by atoms with van der Waals surface area (Å²) in [6.45, 7) is 3.27. The quantitative estimate of drug-likeness (QED) is 0.838. The van der Waals surface area contributed by atoms with Crippen LogP contribution < -0.4 is 5.32 Å². The van der Waals surface area contributed by atoms with E-state index < -0.39 is 0 Å². The van der Waals surface area contributed by atoms with Gasteiger partial charge in [0.25, 0.3) is 5.91 Å². The van der Waals surface area contributed by atoms with E-state index in [1.54, 1.807) is 0 Å². The predicted molar refractivity (Wildman–Crippen MR) is 72.8 cm³/mol. The summed E-state index contributed by atoms with van der Waals surface area (Å²) >= 11 is 0. The molecule has 0 saturated heterocycles. The largest absolute Gasteiger partial charge is 0.337 e. The molecule has 2 rings (SSSR count). The Morgan fingerprint density at radius 2 is 2.21 bits per heavy atom. The van der Waals surface area contributed by atoms with Crippen LogP contribution in [-0.2, 0) is 0 Å². The van der Waals surface area contributed by atoms with Crippen LogP contribution in [0.4, 0.5) is 0 Å². The first-order valence-corrected chi connectivity index (χ1v) is 7.08. The van der Waals surface area contributed by atoms with E-state index in [0.29, 0.717) is 17.8 Å². The third-order valence-corrected chi connectivity index (χ3v) is 3.88. The third kappa shape index (κ3) is 3.53. The van der Waals surface area contributed by atoms with E-state index >= 15 is 0 Å². The van der Waals surface area contributed by atoms with Crippen molar-refractivity contribution in [3.8, 4) is 0 Å². The van der Waals surface area contributed by atoms with E-state index in [2.05, 4.69) is 27.7 Å². The Morgan fingerprint density at radius 3 is 2.79 bits per heavy atom. The van der Waals surface area contributed by atoms with E-state index in [1.165, 1.54) is 12.6 Å².